The third-order valence-corrected chi connectivity index (χ3v) is 3.37. The van der Waals surface area contributed by atoms with Crippen molar-refractivity contribution in [2.75, 3.05) is 0 Å². The van der Waals surface area contributed by atoms with E-state index in [0.29, 0.717) is 17.4 Å². The molecule has 0 unspecified atom stereocenters. The molecule has 1 N–H and O–H groups in total. The minimum atomic E-state index is -0.306. The van der Waals surface area contributed by atoms with Crippen LogP contribution in [0.1, 0.15) is 39.0 Å². The van der Waals surface area contributed by atoms with Crippen LogP contribution in [-0.4, -0.2) is 9.55 Å². The predicted molar refractivity (Wildman–Crippen MR) is 77.6 cm³/mol. The van der Waals surface area contributed by atoms with Crippen molar-refractivity contribution >= 4 is 10.9 Å². The summed E-state index contributed by atoms with van der Waals surface area (Å²) in [4.78, 5) is 26.9. The first-order valence-electron chi connectivity index (χ1n) is 6.96. The molecule has 4 nitrogen and oxygen atoms in total. The average molecular weight is 260 g/mol. The molecular weight excluding hydrogens is 240 g/mol. The highest BCUT2D eigenvalue weighted by molar-refractivity contribution is 5.76. The molecule has 0 aliphatic heterocycles. The number of nitrogens with zero attached hydrogens (tertiary/aromatic N) is 1. The van der Waals surface area contributed by atoms with E-state index < -0.39 is 0 Å². The van der Waals surface area contributed by atoms with E-state index >= 15 is 0 Å². The molecule has 0 spiro atoms. The van der Waals surface area contributed by atoms with Crippen LogP contribution in [0.4, 0.5) is 0 Å². The zero-order chi connectivity index (χ0) is 13.7. The van der Waals surface area contributed by atoms with E-state index in [-0.39, 0.29) is 11.2 Å². The van der Waals surface area contributed by atoms with Gasteiger partial charge < -0.3 is 4.98 Å². The van der Waals surface area contributed by atoms with Crippen LogP contribution in [0.5, 0.6) is 0 Å². The molecule has 0 saturated carbocycles. The van der Waals surface area contributed by atoms with Crippen LogP contribution < -0.4 is 11.2 Å². The summed E-state index contributed by atoms with van der Waals surface area (Å²) in [5.74, 6) is 0. The highest BCUT2D eigenvalue weighted by Gasteiger charge is 2.06. The Bertz CT molecular complexity index is 655. The fourth-order valence-corrected chi connectivity index (χ4v) is 2.28. The number of aromatic amines is 1. The molecule has 2 aromatic rings. The Hall–Kier alpha value is -1.84. The lowest BCUT2D eigenvalue weighted by atomic mass is 10.1. The van der Waals surface area contributed by atoms with Crippen molar-refractivity contribution in [1.29, 1.82) is 0 Å². The van der Waals surface area contributed by atoms with Gasteiger partial charge in [0.05, 0.1) is 10.9 Å². The van der Waals surface area contributed by atoms with Gasteiger partial charge in [-0.05, 0) is 18.6 Å². The standard InChI is InChI=1S/C15H20N2O2/c1-2-3-4-5-8-11-17-14(18)12-9-6-7-10-13(12)16-15(17)19/h6-7,9-10H,2-5,8,11H2,1H3,(H,16,19). The monoisotopic (exact) mass is 260 g/mol. The maximum absolute atomic E-state index is 12.2. The van der Waals surface area contributed by atoms with Gasteiger partial charge in [-0.1, -0.05) is 44.7 Å². The number of hydrogen-bond donors (Lipinski definition) is 1. The third kappa shape index (κ3) is 3.13. The van der Waals surface area contributed by atoms with E-state index in [1.807, 2.05) is 12.1 Å². The molecule has 19 heavy (non-hydrogen) atoms. The van der Waals surface area contributed by atoms with Crippen LogP contribution in [0.2, 0.25) is 0 Å². The smallest absolute Gasteiger partial charge is 0.307 e. The lowest BCUT2D eigenvalue weighted by Gasteiger charge is -2.06. The number of aromatic nitrogens is 2. The van der Waals surface area contributed by atoms with Crippen molar-refractivity contribution in [1.82, 2.24) is 9.55 Å². The summed E-state index contributed by atoms with van der Waals surface area (Å²) in [6.07, 6.45) is 5.50. The normalized spacial score (nSPS) is 11.0. The minimum absolute atomic E-state index is 0.185. The Kier molecular flexibility index (Phi) is 4.55. The molecule has 0 atom stereocenters. The molecule has 0 amide bonds. The summed E-state index contributed by atoms with van der Waals surface area (Å²) in [5, 5.41) is 0.579. The van der Waals surface area contributed by atoms with Gasteiger partial charge >= 0.3 is 5.69 Å². The molecular formula is C15H20N2O2. The summed E-state index contributed by atoms with van der Waals surface area (Å²) < 4.78 is 1.31. The van der Waals surface area contributed by atoms with Crippen LogP contribution in [0.3, 0.4) is 0 Å². The van der Waals surface area contributed by atoms with E-state index in [0.717, 1.165) is 19.3 Å². The van der Waals surface area contributed by atoms with Crippen LogP contribution in [-0.2, 0) is 6.54 Å². The predicted octanol–water partition coefficient (Wildman–Crippen LogP) is 2.66. The number of rotatable bonds is 6. The molecule has 0 aliphatic rings. The minimum Gasteiger partial charge on any atom is -0.307 e. The number of unbranched alkanes of at least 4 members (excludes halogenated alkanes) is 4. The zero-order valence-electron chi connectivity index (χ0n) is 11.3. The number of hydrogen-bond acceptors (Lipinski definition) is 2. The van der Waals surface area contributed by atoms with Gasteiger partial charge in [0.25, 0.3) is 5.56 Å². The fourth-order valence-electron chi connectivity index (χ4n) is 2.28. The second-order valence-corrected chi connectivity index (χ2v) is 4.85. The molecule has 0 saturated heterocycles. The fraction of sp³-hybridized carbons (Fsp3) is 0.467. The first-order valence-corrected chi connectivity index (χ1v) is 6.96. The second kappa shape index (κ2) is 6.36. The topological polar surface area (TPSA) is 54.9 Å². The first kappa shape index (κ1) is 13.6. The SMILES string of the molecule is CCCCCCCn1c(=O)[nH]c2ccccc2c1=O. The van der Waals surface area contributed by atoms with Crippen molar-refractivity contribution in [3.05, 3.63) is 45.1 Å². The second-order valence-electron chi connectivity index (χ2n) is 4.85. The Morgan fingerprint density at radius 1 is 1.05 bits per heavy atom. The van der Waals surface area contributed by atoms with E-state index in [4.69, 9.17) is 0 Å². The molecule has 1 aromatic heterocycles. The first-order chi connectivity index (χ1) is 9.24. The molecule has 0 fully saturated rings. The van der Waals surface area contributed by atoms with Crippen LogP contribution in [0.25, 0.3) is 10.9 Å². The summed E-state index contributed by atoms with van der Waals surface area (Å²) in [6.45, 7) is 2.67. The van der Waals surface area contributed by atoms with Crippen molar-refractivity contribution in [2.45, 2.75) is 45.6 Å². The number of fused-ring (bicyclic) bond motifs is 1. The zero-order valence-corrected chi connectivity index (χ0v) is 11.3. The number of para-hydroxylation sites is 1. The highest BCUT2D eigenvalue weighted by Crippen LogP contribution is 2.05. The van der Waals surface area contributed by atoms with Crippen LogP contribution >= 0.6 is 0 Å². The van der Waals surface area contributed by atoms with E-state index in [1.54, 1.807) is 12.1 Å². The van der Waals surface area contributed by atoms with Gasteiger partial charge in [-0.3, -0.25) is 9.36 Å². The maximum Gasteiger partial charge on any atom is 0.328 e. The number of H-pyrrole nitrogens is 1. The lowest BCUT2D eigenvalue weighted by Crippen LogP contribution is -2.35. The summed E-state index contributed by atoms with van der Waals surface area (Å²) >= 11 is 0. The lowest BCUT2D eigenvalue weighted by molar-refractivity contribution is 0.545. The summed E-state index contributed by atoms with van der Waals surface area (Å²) in [5.41, 5.74) is 0.119. The molecule has 1 heterocycles. The average Bonchev–Trinajstić information content (AvgIpc) is 2.42. The molecule has 0 bridgehead atoms. The molecule has 0 aliphatic carbocycles. The van der Waals surface area contributed by atoms with Gasteiger partial charge in [-0.15, -0.1) is 0 Å². The molecule has 1 aromatic carbocycles. The Labute approximate surface area is 112 Å². The number of benzene rings is 1. The Morgan fingerprint density at radius 3 is 2.58 bits per heavy atom. The largest absolute Gasteiger partial charge is 0.328 e. The van der Waals surface area contributed by atoms with Crippen molar-refractivity contribution in [2.24, 2.45) is 0 Å². The van der Waals surface area contributed by atoms with Gasteiger partial charge in [0.2, 0.25) is 0 Å². The molecule has 0 radical (unpaired) electrons. The van der Waals surface area contributed by atoms with Gasteiger partial charge in [-0.25, -0.2) is 4.79 Å². The van der Waals surface area contributed by atoms with Gasteiger partial charge in [0.1, 0.15) is 0 Å². The highest BCUT2D eigenvalue weighted by atomic mass is 16.2. The van der Waals surface area contributed by atoms with Crippen molar-refractivity contribution < 1.29 is 0 Å². The molecule has 102 valence electrons. The summed E-state index contributed by atoms with van der Waals surface area (Å²) in [6, 6.07) is 7.13. The van der Waals surface area contributed by atoms with E-state index in [2.05, 4.69) is 11.9 Å². The Balaban J connectivity index is 2.19. The van der Waals surface area contributed by atoms with Crippen molar-refractivity contribution in [3.63, 3.8) is 0 Å². The quantitative estimate of drug-likeness (QED) is 0.812. The van der Waals surface area contributed by atoms with E-state index in [1.165, 1.54) is 17.4 Å². The maximum atomic E-state index is 12.2. The summed E-state index contributed by atoms with van der Waals surface area (Å²) in [7, 11) is 0. The van der Waals surface area contributed by atoms with Gasteiger partial charge in [0, 0.05) is 6.54 Å². The number of nitrogens with one attached hydrogen (secondary N) is 1. The van der Waals surface area contributed by atoms with Gasteiger partial charge in [0.15, 0.2) is 0 Å². The van der Waals surface area contributed by atoms with Gasteiger partial charge in [-0.2, -0.15) is 0 Å². The Morgan fingerprint density at radius 2 is 1.79 bits per heavy atom. The van der Waals surface area contributed by atoms with Crippen molar-refractivity contribution in [3.8, 4) is 0 Å². The third-order valence-electron chi connectivity index (χ3n) is 3.37. The van der Waals surface area contributed by atoms with Crippen LogP contribution in [0.15, 0.2) is 33.9 Å². The van der Waals surface area contributed by atoms with Crippen LogP contribution in [0, 0.1) is 0 Å². The van der Waals surface area contributed by atoms with E-state index in [9.17, 15) is 9.59 Å². The molecule has 4 heteroatoms. The molecule has 2 rings (SSSR count).